The van der Waals surface area contributed by atoms with E-state index >= 15 is 0 Å². The topological polar surface area (TPSA) is 42.0 Å². The minimum absolute atomic E-state index is 0.00622. The van der Waals surface area contributed by atoms with E-state index < -0.39 is 0 Å². The van der Waals surface area contributed by atoms with E-state index in [-0.39, 0.29) is 11.3 Å². The summed E-state index contributed by atoms with van der Waals surface area (Å²) in [6.07, 6.45) is 5.26. The number of thiazole rings is 1. The molecule has 1 saturated carbocycles. The number of nitrogens with one attached hydrogen (secondary N) is 1. The minimum atomic E-state index is -0.0663. The molecule has 0 atom stereocenters. The van der Waals surface area contributed by atoms with Gasteiger partial charge in [0.1, 0.15) is 0 Å². The molecule has 0 bridgehead atoms. The van der Waals surface area contributed by atoms with Gasteiger partial charge in [0.25, 0.3) is 5.91 Å². The molecule has 3 aromatic rings. The molecule has 0 spiro atoms. The number of anilines is 1. The third kappa shape index (κ3) is 3.55. The molecule has 0 radical (unpaired) electrons. The van der Waals surface area contributed by atoms with Crippen molar-refractivity contribution >= 4 is 43.8 Å². The largest absolute Gasteiger partial charge is 0.297 e. The second-order valence-corrected chi connectivity index (χ2v) is 10.1. The molecular formula is C21H24N2OS2. The van der Waals surface area contributed by atoms with Gasteiger partial charge in [-0.2, -0.15) is 0 Å². The first kappa shape index (κ1) is 17.7. The van der Waals surface area contributed by atoms with Crippen LogP contribution < -0.4 is 5.32 Å². The summed E-state index contributed by atoms with van der Waals surface area (Å²) in [4.78, 5) is 18.0. The molecule has 0 unspecified atom stereocenters. The number of aromatic nitrogens is 1. The maximum Gasteiger partial charge on any atom is 0.267 e. The molecule has 5 heteroatoms. The van der Waals surface area contributed by atoms with Crippen LogP contribution in [0, 0.1) is 0 Å². The molecule has 136 valence electrons. The Morgan fingerprint density at radius 3 is 2.65 bits per heavy atom. The van der Waals surface area contributed by atoms with E-state index in [1.54, 1.807) is 11.3 Å². The first-order valence-electron chi connectivity index (χ1n) is 9.21. The monoisotopic (exact) mass is 384 g/mol. The van der Waals surface area contributed by atoms with Gasteiger partial charge in [-0.1, -0.05) is 45.7 Å². The molecule has 2 aromatic heterocycles. The Morgan fingerprint density at radius 1 is 1.19 bits per heavy atom. The number of fused-ring (bicyclic) bond motifs is 1. The number of nitrogens with zero attached hydrogens (tertiary/aromatic N) is 1. The number of rotatable bonds is 3. The van der Waals surface area contributed by atoms with Crippen molar-refractivity contribution in [3.8, 4) is 0 Å². The SMILES string of the molecule is CC(C)(C)c1csc(NC(=O)c2cc3cc(C4CCCC4)ccc3s2)n1. The molecular weight excluding hydrogens is 360 g/mol. The number of hydrogen-bond donors (Lipinski definition) is 1. The highest BCUT2D eigenvalue weighted by atomic mass is 32.1. The zero-order valence-corrected chi connectivity index (χ0v) is 17.1. The van der Waals surface area contributed by atoms with Gasteiger partial charge in [0.15, 0.2) is 5.13 Å². The maximum absolute atomic E-state index is 12.6. The summed E-state index contributed by atoms with van der Waals surface area (Å²) < 4.78 is 1.17. The summed E-state index contributed by atoms with van der Waals surface area (Å²) >= 11 is 3.04. The Kier molecular flexibility index (Phi) is 4.61. The van der Waals surface area contributed by atoms with Gasteiger partial charge >= 0.3 is 0 Å². The van der Waals surface area contributed by atoms with Crippen LogP contribution in [0.1, 0.15) is 73.3 Å². The van der Waals surface area contributed by atoms with Gasteiger partial charge in [-0.05, 0) is 41.8 Å². The molecule has 1 fully saturated rings. The van der Waals surface area contributed by atoms with Gasteiger partial charge in [0.05, 0.1) is 10.6 Å². The average Bonchev–Trinajstić information content (AvgIpc) is 3.33. The van der Waals surface area contributed by atoms with E-state index in [1.165, 1.54) is 52.7 Å². The third-order valence-corrected chi connectivity index (χ3v) is 6.96. The van der Waals surface area contributed by atoms with Gasteiger partial charge < -0.3 is 0 Å². The van der Waals surface area contributed by atoms with Crippen LogP contribution in [0.4, 0.5) is 5.13 Å². The zero-order chi connectivity index (χ0) is 18.3. The number of benzene rings is 1. The van der Waals surface area contributed by atoms with E-state index in [0.717, 1.165) is 10.6 Å². The summed E-state index contributed by atoms with van der Waals surface area (Å²) in [6, 6.07) is 8.71. The summed E-state index contributed by atoms with van der Waals surface area (Å²) in [5, 5.41) is 6.83. The molecule has 1 aromatic carbocycles. The molecule has 0 saturated heterocycles. The highest BCUT2D eigenvalue weighted by molar-refractivity contribution is 7.21. The van der Waals surface area contributed by atoms with Crippen LogP contribution in [0.15, 0.2) is 29.6 Å². The summed E-state index contributed by atoms with van der Waals surface area (Å²) in [7, 11) is 0. The molecule has 1 amide bonds. The second kappa shape index (κ2) is 6.78. The Bertz CT molecular complexity index is 942. The van der Waals surface area contributed by atoms with Crippen molar-refractivity contribution in [1.29, 1.82) is 0 Å². The van der Waals surface area contributed by atoms with Gasteiger partial charge in [0.2, 0.25) is 0 Å². The smallest absolute Gasteiger partial charge is 0.267 e. The second-order valence-electron chi connectivity index (χ2n) is 8.13. The van der Waals surface area contributed by atoms with E-state index in [4.69, 9.17) is 0 Å². The van der Waals surface area contributed by atoms with Crippen LogP contribution in [0.2, 0.25) is 0 Å². The number of amides is 1. The van der Waals surface area contributed by atoms with E-state index in [1.807, 2.05) is 11.4 Å². The summed E-state index contributed by atoms with van der Waals surface area (Å²) in [6.45, 7) is 6.38. The minimum Gasteiger partial charge on any atom is -0.297 e. The first-order valence-corrected chi connectivity index (χ1v) is 10.9. The summed E-state index contributed by atoms with van der Waals surface area (Å²) in [5.41, 5.74) is 2.43. The van der Waals surface area contributed by atoms with Crippen LogP contribution in [-0.4, -0.2) is 10.9 Å². The lowest BCUT2D eigenvalue weighted by Crippen LogP contribution is -2.13. The van der Waals surface area contributed by atoms with Crippen molar-refractivity contribution in [1.82, 2.24) is 4.98 Å². The lowest BCUT2D eigenvalue weighted by Gasteiger charge is -2.14. The Hall–Kier alpha value is -1.72. The maximum atomic E-state index is 12.6. The molecule has 1 aliphatic rings. The van der Waals surface area contributed by atoms with Crippen LogP contribution in [0.3, 0.4) is 0 Å². The van der Waals surface area contributed by atoms with Crippen LogP contribution >= 0.6 is 22.7 Å². The summed E-state index contributed by atoms with van der Waals surface area (Å²) in [5.74, 6) is 0.631. The fourth-order valence-corrected chi connectivity index (χ4v) is 5.39. The van der Waals surface area contributed by atoms with Crippen LogP contribution in [0.25, 0.3) is 10.1 Å². The van der Waals surface area contributed by atoms with Gasteiger partial charge in [-0.3, -0.25) is 10.1 Å². The highest BCUT2D eigenvalue weighted by Crippen LogP contribution is 2.37. The van der Waals surface area contributed by atoms with Crippen molar-refractivity contribution in [2.75, 3.05) is 5.32 Å². The predicted octanol–water partition coefficient (Wildman–Crippen LogP) is 6.57. The highest BCUT2D eigenvalue weighted by Gasteiger charge is 2.20. The first-order chi connectivity index (χ1) is 12.4. The standard InChI is InChI=1S/C21H24N2OS2/c1-21(2,3)18-12-25-20(22-18)23-19(24)17-11-15-10-14(8-9-16(15)26-17)13-6-4-5-7-13/h8-13H,4-7H2,1-3H3,(H,22,23,24). The lowest BCUT2D eigenvalue weighted by molar-refractivity contribution is 0.103. The molecule has 1 N–H and O–H groups in total. The fourth-order valence-electron chi connectivity index (χ4n) is 3.52. The fraction of sp³-hybridized carbons (Fsp3) is 0.429. The van der Waals surface area contributed by atoms with Gasteiger partial charge in [-0.15, -0.1) is 22.7 Å². The quantitative estimate of drug-likeness (QED) is 0.555. The van der Waals surface area contributed by atoms with Crippen molar-refractivity contribution < 1.29 is 4.79 Å². The molecule has 26 heavy (non-hydrogen) atoms. The molecule has 4 rings (SSSR count). The normalized spacial score (nSPS) is 15.7. The Labute approximate surface area is 162 Å². The van der Waals surface area contributed by atoms with Gasteiger partial charge in [0, 0.05) is 15.5 Å². The van der Waals surface area contributed by atoms with Gasteiger partial charge in [-0.25, -0.2) is 4.98 Å². The molecule has 2 heterocycles. The number of thiophene rings is 1. The Morgan fingerprint density at radius 2 is 1.96 bits per heavy atom. The van der Waals surface area contributed by atoms with Crippen LogP contribution in [0.5, 0.6) is 0 Å². The number of carbonyl (C=O) groups excluding carboxylic acids is 1. The molecule has 1 aliphatic carbocycles. The van der Waals surface area contributed by atoms with E-state index in [2.05, 4.69) is 49.3 Å². The third-order valence-electron chi connectivity index (χ3n) is 5.08. The lowest BCUT2D eigenvalue weighted by atomic mass is 9.93. The molecule has 3 nitrogen and oxygen atoms in total. The molecule has 0 aliphatic heterocycles. The predicted molar refractivity (Wildman–Crippen MR) is 112 cm³/mol. The van der Waals surface area contributed by atoms with Crippen molar-refractivity contribution in [3.05, 3.63) is 45.8 Å². The van der Waals surface area contributed by atoms with Crippen molar-refractivity contribution in [3.63, 3.8) is 0 Å². The average molecular weight is 385 g/mol. The van der Waals surface area contributed by atoms with Crippen molar-refractivity contribution in [2.45, 2.75) is 57.8 Å². The van der Waals surface area contributed by atoms with E-state index in [9.17, 15) is 4.79 Å². The Balaban J connectivity index is 1.54. The zero-order valence-electron chi connectivity index (χ0n) is 15.5. The number of hydrogen-bond acceptors (Lipinski definition) is 4. The van der Waals surface area contributed by atoms with Crippen molar-refractivity contribution in [2.24, 2.45) is 0 Å². The van der Waals surface area contributed by atoms with E-state index in [0.29, 0.717) is 11.0 Å². The number of carbonyl (C=O) groups is 1. The van der Waals surface area contributed by atoms with Crippen LogP contribution in [-0.2, 0) is 5.41 Å².